The third-order valence-corrected chi connectivity index (χ3v) is 4.53. The van der Waals surface area contributed by atoms with Gasteiger partial charge in [0.2, 0.25) is 5.91 Å². The molecule has 138 valence electrons. The van der Waals surface area contributed by atoms with Gasteiger partial charge in [0.1, 0.15) is 5.82 Å². The lowest BCUT2D eigenvalue weighted by atomic mass is 10.1. The molecule has 1 heterocycles. The number of anilines is 2. The summed E-state index contributed by atoms with van der Waals surface area (Å²) in [7, 11) is 0. The Bertz CT molecular complexity index is 963. The second-order valence-corrected chi connectivity index (χ2v) is 7.06. The van der Waals surface area contributed by atoms with E-state index < -0.39 is 5.82 Å². The summed E-state index contributed by atoms with van der Waals surface area (Å²) in [6.45, 7) is 3.94. The van der Waals surface area contributed by atoms with Crippen LogP contribution in [0.4, 0.5) is 15.2 Å². The second-order valence-electron chi connectivity index (χ2n) is 6.21. The fraction of sp³-hybridized carbons (Fsp3) is 0.150. The maximum absolute atomic E-state index is 12.9. The van der Waals surface area contributed by atoms with Gasteiger partial charge < -0.3 is 5.32 Å². The van der Waals surface area contributed by atoms with E-state index in [1.54, 1.807) is 5.38 Å². The highest BCUT2D eigenvalue weighted by Gasteiger charge is 2.12. The number of carbonyl (C=O) groups excluding carboxylic acids is 2. The summed E-state index contributed by atoms with van der Waals surface area (Å²) in [5, 5.41) is 7.62. The van der Waals surface area contributed by atoms with E-state index in [-0.39, 0.29) is 18.2 Å². The maximum Gasteiger partial charge on any atom is 0.257 e. The van der Waals surface area contributed by atoms with Crippen molar-refractivity contribution in [1.82, 2.24) is 4.98 Å². The molecule has 0 aliphatic heterocycles. The van der Waals surface area contributed by atoms with Crippen LogP contribution in [0, 0.1) is 19.7 Å². The lowest BCUT2D eigenvalue weighted by Gasteiger charge is -2.06. The molecule has 2 N–H and O–H groups in total. The molecular weight excluding hydrogens is 365 g/mol. The molecule has 0 radical (unpaired) electrons. The predicted octanol–water partition coefficient (Wildman–Crippen LogP) is 4.33. The molecule has 2 amide bonds. The maximum atomic E-state index is 12.9. The number of hydrogen-bond acceptors (Lipinski definition) is 4. The van der Waals surface area contributed by atoms with Gasteiger partial charge in [0, 0.05) is 16.6 Å². The van der Waals surface area contributed by atoms with Gasteiger partial charge in [-0.2, -0.15) is 0 Å². The summed E-state index contributed by atoms with van der Waals surface area (Å²) in [6, 6.07) is 11.1. The molecule has 0 spiro atoms. The molecule has 0 aliphatic carbocycles. The van der Waals surface area contributed by atoms with Crippen LogP contribution in [0.25, 0.3) is 0 Å². The van der Waals surface area contributed by atoms with Crippen LogP contribution < -0.4 is 10.6 Å². The monoisotopic (exact) mass is 383 g/mol. The molecule has 2 aromatic carbocycles. The predicted molar refractivity (Wildman–Crippen MR) is 105 cm³/mol. The van der Waals surface area contributed by atoms with Gasteiger partial charge in [0.05, 0.1) is 12.1 Å². The lowest BCUT2D eigenvalue weighted by Crippen LogP contribution is -2.15. The van der Waals surface area contributed by atoms with Crippen LogP contribution in [0.2, 0.25) is 0 Å². The Kier molecular flexibility index (Phi) is 5.61. The van der Waals surface area contributed by atoms with Crippen LogP contribution in [-0.2, 0) is 11.2 Å². The number of carbonyl (C=O) groups is 2. The third-order valence-electron chi connectivity index (χ3n) is 3.73. The standard InChI is InChI=1S/C20H18FN3O2S/c1-12-7-13(2)9-16(8-12)22-18(25)10-17-11-27-20(23-17)24-19(26)14-3-5-15(21)6-4-14/h3-9,11H,10H2,1-2H3,(H,22,25)(H,23,24,26). The van der Waals surface area contributed by atoms with Crippen LogP contribution in [-0.4, -0.2) is 16.8 Å². The third kappa shape index (κ3) is 5.21. The van der Waals surface area contributed by atoms with Crippen LogP contribution in [0.1, 0.15) is 27.2 Å². The first-order valence-electron chi connectivity index (χ1n) is 8.28. The lowest BCUT2D eigenvalue weighted by molar-refractivity contribution is -0.115. The van der Waals surface area contributed by atoms with Crippen molar-refractivity contribution in [2.24, 2.45) is 0 Å². The first kappa shape index (κ1) is 18.7. The van der Waals surface area contributed by atoms with E-state index in [2.05, 4.69) is 15.6 Å². The molecule has 0 bridgehead atoms. The Morgan fingerprint density at radius 2 is 1.70 bits per heavy atom. The Balaban J connectivity index is 1.59. The quantitative estimate of drug-likeness (QED) is 0.689. The van der Waals surface area contributed by atoms with Crippen LogP contribution in [0.3, 0.4) is 0 Å². The summed E-state index contributed by atoms with van der Waals surface area (Å²) in [5.74, 6) is -0.963. The number of aromatic nitrogens is 1. The van der Waals surface area contributed by atoms with Crippen molar-refractivity contribution in [3.05, 3.63) is 76.0 Å². The fourth-order valence-electron chi connectivity index (χ4n) is 2.63. The topological polar surface area (TPSA) is 71.1 Å². The van der Waals surface area contributed by atoms with Crippen molar-refractivity contribution in [2.75, 3.05) is 10.6 Å². The molecule has 0 saturated carbocycles. The average Bonchev–Trinajstić information content (AvgIpc) is 3.01. The molecule has 27 heavy (non-hydrogen) atoms. The number of rotatable bonds is 5. The Morgan fingerprint density at radius 1 is 1.04 bits per heavy atom. The van der Waals surface area contributed by atoms with Crippen LogP contribution in [0.5, 0.6) is 0 Å². The number of aryl methyl sites for hydroxylation is 2. The van der Waals surface area contributed by atoms with E-state index in [1.807, 2.05) is 32.0 Å². The second kappa shape index (κ2) is 8.09. The first-order chi connectivity index (χ1) is 12.9. The average molecular weight is 383 g/mol. The molecule has 3 rings (SSSR count). The van der Waals surface area contributed by atoms with E-state index in [0.29, 0.717) is 16.4 Å². The van der Waals surface area contributed by atoms with Crippen molar-refractivity contribution < 1.29 is 14.0 Å². The highest BCUT2D eigenvalue weighted by Crippen LogP contribution is 2.18. The van der Waals surface area contributed by atoms with E-state index >= 15 is 0 Å². The van der Waals surface area contributed by atoms with Gasteiger partial charge in [-0.1, -0.05) is 6.07 Å². The number of nitrogens with one attached hydrogen (secondary N) is 2. The molecule has 7 heteroatoms. The minimum atomic E-state index is -0.405. The number of benzene rings is 2. The van der Waals surface area contributed by atoms with E-state index in [4.69, 9.17) is 0 Å². The number of hydrogen-bond donors (Lipinski definition) is 2. The number of amides is 2. The fourth-order valence-corrected chi connectivity index (χ4v) is 3.34. The number of halogens is 1. The Labute approximate surface area is 160 Å². The van der Waals surface area contributed by atoms with Gasteiger partial charge in [-0.3, -0.25) is 14.9 Å². The minimum absolute atomic E-state index is 0.107. The zero-order valence-corrected chi connectivity index (χ0v) is 15.7. The molecule has 1 aromatic heterocycles. The van der Waals surface area contributed by atoms with Gasteiger partial charge in [0.25, 0.3) is 5.91 Å². The van der Waals surface area contributed by atoms with Gasteiger partial charge in [-0.25, -0.2) is 9.37 Å². The summed E-state index contributed by atoms with van der Waals surface area (Å²) >= 11 is 1.23. The zero-order valence-electron chi connectivity index (χ0n) is 14.9. The largest absolute Gasteiger partial charge is 0.326 e. The van der Waals surface area contributed by atoms with E-state index in [1.165, 1.54) is 35.6 Å². The molecule has 0 unspecified atom stereocenters. The Hall–Kier alpha value is -3.06. The van der Waals surface area contributed by atoms with Crippen LogP contribution in [0.15, 0.2) is 47.8 Å². The molecule has 5 nitrogen and oxygen atoms in total. The Morgan fingerprint density at radius 3 is 2.37 bits per heavy atom. The molecule has 0 aliphatic rings. The van der Waals surface area contributed by atoms with Crippen molar-refractivity contribution >= 4 is 34.0 Å². The highest BCUT2D eigenvalue weighted by molar-refractivity contribution is 7.14. The van der Waals surface area contributed by atoms with Crippen molar-refractivity contribution in [3.8, 4) is 0 Å². The molecule has 0 fully saturated rings. The summed E-state index contributed by atoms with van der Waals surface area (Å²) < 4.78 is 12.9. The number of thiazole rings is 1. The van der Waals surface area contributed by atoms with E-state index in [0.717, 1.165) is 16.8 Å². The molecule has 0 atom stereocenters. The van der Waals surface area contributed by atoms with Gasteiger partial charge >= 0.3 is 0 Å². The first-order valence-corrected chi connectivity index (χ1v) is 9.16. The SMILES string of the molecule is Cc1cc(C)cc(NC(=O)Cc2csc(NC(=O)c3ccc(F)cc3)n2)c1. The van der Waals surface area contributed by atoms with Crippen molar-refractivity contribution in [2.45, 2.75) is 20.3 Å². The summed E-state index contributed by atoms with van der Waals surface area (Å²) in [6.07, 6.45) is 0.107. The van der Waals surface area contributed by atoms with Crippen molar-refractivity contribution in [1.29, 1.82) is 0 Å². The minimum Gasteiger partial charge on any atom is -0.326 e. The molecule has 0 saturated heterocycles. The van der Waals surface area contributed by atoms with Crippen LogP contribution >= 0.6 is 11.3 Å². The highest BCUT2D eigenvalue weighted by atomic mass is 32.1. The van der Waals surface area contributed by atoms with E-state index in [9.17, 15) is 14.0 Å². The van der Waals surface area contributed by atoms with Gasteiger partial charge in [-0.15, -0.1) is 11.3 Å². The summed E-state index contributed by atoms with van der Waals surface area (Å²) in [4.78, 5) is 28.6. The molecular formula is C20H18FN3O2S. The number of nitrogens with zero attached hydrogens (tertiary/aromatic N) is 1. The molecule has 3 aromatic rings. The van der Waals surface area contributed by atoms with Gasteiger partial charge in [-0.05, 0) is 61.4 Å². The van der Waals surface area contributed by atoms with Gasteiger partial charge in [0.15, 0.2) is 5.13 Å². The smallest absolute Gasteiger partial charge is 0.257 e. The summed E-state index contributed by atoms with van der Waals surface area (Å²) in [5.41, 5.74) is 3.80. The zero-order chi connectivity index (χ0) is 19.4. The van der Waals surface area contributed by atoms with Crippen molar-refractivity contribution in [3.63, 3.8) is 0 Å². The normalized spacial score (nSPS) is 10.5.